The summed E-state index contributed by atoms with van der Waals surface area (Å²) in [7, 11) is 0. The monoisotopic (exact) mass is 455 g/mol. The molecule has 1 aliphatic heterocycles. The van der Waals surface area contributed by atoms with E-state index < -0.39 is 11.7 Å². The van der Waals surface area contributed by atoms with E-state index in [0.717, 1.165) is 24.1 Å². The first-order chi connectivity index (χ1) is 15.6. The SMILES string of the molecule is Cc1cnn(-c2ccc(C(=O)N3CCCC(C(=O)NCCNC(=O)OC(C)(C)C)C3)cc2)c1. The number of hydrogen-bond donors (Lipinski definition) is 2. The molecule has 1 aromatic carbocycles. The van der Waals surface area contributed by atoms with Crippen LogP contribution in [0.25, 0.3) is 5.69 Å². The number of aromatic nitrogens is 2. The summed E-state index contributed by atoms with van der Waals surface area (Å²) in [6, 6.07) is 7.32. The molecule has 1 atom stereocenters. The maximum atomic E-state index is 13.0. The summed E-state index contributed by atoms with van der Waals surface area (Å²) in [6.07, 6.45) is 4.69. The Morgan fingerprint density at radius 3 is 2.45 bits per heavy atom. The van der Waals surface area contributed by atoms with E-state index in [1.807, 2.05) is 25.3 Å². The molecular weight excluding hydrogens is 422 g/mol. The number of ether oxygens (including phenoxy) is 1. The van der Waals surface area contributed by atoms with Crippen molar-refractivity contribution in [2.24, 2.45) is 5.92 Å². The second-order valence-corrected chi connectivity index (χ2v) is 9.32. The van der Waals surface area contributed by atoms with Crippen LogP contribution in [0, 0.1) is 12.8 Å². The highest BCUT2D eigenvalue weighted by molar-refractivity contribution is 5.95. The van der Waals surface area contributed by atoms with E-state index in [-0.39, 0.29) is 24.3 Å². The van der Waals surface area contributed by atoms with Gasteiger partial charge < -0.3 is 20.3 Å². The molecular formula is C24H33N5O4. The largest absolute Gasteiger partial charge is 0.444 e. The summed E-state index contributed by atoms with van der Waals surface area (Å²) in [4.78, 5) is 39.0. The van der Waals surface area contributed by atoms with E-state index in [4.69, 9.17) is 4.74 Å². The second kappa shape index (κ2) is 10.5. The molecule has 33 heavy (non-hydrogen) atoms. The number of amides is 3. The Kier molecular flexibility index (Phi) is 7.73. The molecule has 178 valence electrons. The minimum atomic E-state index is -0.566. The van der Waals surface area contributed by atoms with Crippen molar-refractivity contribution in [3.63, 3.8) is 0 Å². The second-order valence-electron chi connectivity index (χ2n) is 9.32. The van der Waals surface area contributed by atoms with Gasteiger partial charge in [-0.3, -0.25) is 9.59 Å². The van der Waals surface area contributed by atoms with Crippen LogP contribution in [0.3, 0.4) is 0 Å². The molecule has 0 aliphatic carbocycles. The quantitative estimate of drug-likeness (QED) is 0.652. The lowest BCUT2D eigenvalue weighted by molar-refractivity contribution is -0.126. The molecule has 1 saturated heterocycles. The predicted octanol–water partition coefficient (Wildman–Crippen LogP) is 2.67. The molecule has 2 heterocycles. The number of nitrogens with zero attached hydrogens (tertiary/aromatic N) is 3. The van der Waals surface area contributed by atoms with Crippen molar-refractivity contribution in [3.05, 3.63) is 47.8 Å². The fourth-order valence-corrected chi connectivity index (χ4v) is 3.68. The number of carbonyl (C=O) groups excluding carboxylic acids is 3. The van der Waals surface area contributed by atoms with E-state index in [2.05, 4.69) is 15.7 Å². The highest BCUT2D eigenvalue weighted by Gasteiger charge is 2.28. The molecule has 0 radical (unpaired) electrons. The Morgan fingerprint density at radius 2 is 1.82 bits per heavy atom. The highest BCUT2D eigenvalue weighted by atomic mass is 16.6. The maximum Gasteiger partial charge on any atom is 0.407 e. The molecule has 1 aromatic heterocycles. The van der Waals surface area contributed by atoms with Crippen LogP contribution in [-0.2, 0) is 9.53 Å². The van der Waals surface area contributed by atoms with Gasteiger partial charge in [-0.05, 0) is 70.4 Å². The standard InChI is InChI=1S/C24H33N5O4/c1-17-14-27-29(15-17)20-9-7-18(8-10-20)22(31)28-13-5-6-19(16-28)21(30)25-11-12-26-23(32)33-24(2,3)4/h7-10,14-15,19H,5-6,11-13,16H2,1-4H3,(H,25,30)(H,26,32). The van der Waals surface area contributed by atoms with Crippen molar-refractivity contribution in [2.45, 2.75) is 46.1 Å². The summed E-state index contributed by atoms with van der Waals surface area (Å²) >= 11 is 0. The van der Waals surface area contributed by atoms with Crippen molar-refractivity contribution >= 4 is 17.9 Å². The van der Waals surface area contributed by atoms with Gasteiger partial charge in [-0.25, -0.2) is 9.48 Å². The van der Waals surface area contributed by atoms with Gasteiger partial charge in [-0.15, -0.1) is 0 Å². The van der Waals surface area contributed by atoms with Crippen LogP contribution in [0.5, 0.6) is 0 Å². The van der Waals surface area contributed by atoms with E-state index >= 15 is 0 Å². The normalized spacial score (nSPS) is 16.2. The van der Waals surface area contributed by atoms with E-state index in [1.54, 1.807) is 48.7 Å². The fourth-order valence-electron chi connectivity index (χ4n) is 3.68. The number of alkyl carbamates (subject to hydrolysis) is 1. The number of aryl methyl sites for hydroxylation is 1. The van der Waals surface area contributed by atoms with Crippen molar-refractivity contribution in [3.8, 4) is 5.69 Å². The zero-order chi connectivity index (χ0) is 24.0. The van der Waals surface area contributed by atoms with Crippen LogP contribution < -0.4 is 10.6 Å². The minimum absolute atomic E-state index is 0.0812. The lowest BCUT2D eigenvalue weighted by atomic mass is 9.96. The topological polar surface area (TPSA) is 106 Å². The van der Waals surface area contributed by atoms with Crippen LogP contribution in [-0.4, -0.2) is 64.4 Å². The summed E-state index contributed by atoms with van der Waals surface area (Å²) in [5.74, 6) is -0.458. The molecule has 1 fully saturated rings. The lowest BCUT2D eigenvalue weighted by Crippen LogP contribution is -2.46. The third-order valence-electron chi connectivity index (χ3n) is 5.26. The van der Waals surface area contributed by atoms with Crippen LogP contribution in [0.2, 0.25) is 0 Å². The van der Waals surface area contributed by atoms with E-state index in [9.17, 15) is 14.4 Å². The Balaban J connectivity index is 1.47. The van der Waals surface area contributed by atoms with Crippen LogP contribution in [0.15, 0.2) is 36.7 Å². The lowest BCUT2D eigenvalue weighted by Gasteiger charge is -2.32. The first kappa shape index (κ1) is 24.3. The Hall–Kier alpha value is -3.36. The van der Waals surface area contributed by atoms with Crippen molar-refractivity contribution in [1.82, 2.24) is 25.3 Å². The number of rotatable bonds is 6. The first-order valence-electron chi connectivity index (χ1n) is 11.3. The summed E-state index contributed by atoms with van der Waals surface area (Å²) < 4.78 is 6.93. The van der Waals surface area contributed by atoms with Crippen molar-refractivity contribution in [2.75, 3.05) is 26.2 Å². The number of carbonyl (C=O) groups is 3. The Morgan fingerprint density at radius 1 is 1.12 bits per heavy atom. The molecule has 1 aliphatic rings. The van der Waals surface area contributed by atoms with Gasteiger partial charge in [0.25, 0.3) is 5.91 Å². The molecule has 9 nitrogen and oxygen atoms in total. The van der Waals surface area contributed by atoms with Gasteiger partial charge in [0.1, 0.15) is 5.60 Å². The van der Waals surface area contributed by atoms with Crippen molar-refractivity contribution < 1.29 is 19.1 Å². The summed E-state index contributed by atoms with van der Waals surface area (Å²) in [5.41, 5.74) is 1.97. The summed E-state index contributed by atoms with van der Waals surface area (Å²) in [5, 5.41) is 9.74. The van der Waals surface area contributed by atoms with Gasteiger partial charge in [0, 0.05) is 37.9 Å². The number of piperidine rings is 1. The third-order valence-corrected chi connectivity index (χ3v) is 5.26. The van der Waals surface area contributed by atoms with Crippen LogP contribution in [0.4, 0.5) is 4.79 Å². The molecule has 1 unspecified atom stereocenters. The van der Waals surface area contributed by atoms with Gasteiger partial charge in [-0.2, -0.15) is 5.10 Å². The molecule has 0 spiro atoms. The van der Waals surface area contributed by atoms with Gasteiger partial charge in [0.2, 0.25) is 5.91 Å². The number of likely N-dealkylation sites (tertiary alicyclic amines) is 1. The van der Waals surface area contributed by atoms with Gasteiger partial charge >= 0.3 is 6.09 Å². The van der Waals surface area contributed by atoms with Gasteiger partial charge in [-0.1, -0.05) is 0 Å². The van der Waals surface area contributed by atoms with Crippen molar-refractivity contribution in [1.29, 1.82) is 0 Å². The van der Waals surface area contributed by atoms with E-state index in [0.29, 0.717) is 25.2 Å². The average Bonchev–Trinajstić information content (AvgIpc) is 3.21. The van der Waals surface area contributed by atoms with Gasteiger partial charge in [0.05, 0.1) is 17.8 Å². The maximum absolute atomic E-state index is 13.0. The molecule has 0 bridgehead atoms. The number of benzene rings is 1. The third kappa shape index (κ3) is 7.06. The Bertz CT molecular complexity index is 977. The molecule has 0 saturated carbocycles. The zero-order valence-electron chi connectivity index (χ0n) is 19.8. The molecule has 9 heteroatoms. The molecule has 3 amide bonds. The number of hydrogen-bond acceptors (Lipinski definition) is 5. The first-order valence-corrected chi connectivity index (χ1v) is 11.3. The molecule has 2 aromatic rings. The number of nitrogens with one attached hydrogen (secondary N) is 2. The zero-order valence-corrected chi connectivity index (χ0v) is 19.8. The van der Waals surface area contributed by atoms with Gasteiger partial charge in [0.15, 0.2) is 0 Å². The van der Waals surface area contributed by atoms with Crippen LogP contribution in [0.1, 0.15) is 49.5 Å². The average molecular weight is 456 g/mol. The predicted molar refractivity (Wildman–Crippen MR) is 124 cm³/mol. The molecule has 3 rings (SSSR count). The molecule has 2 N–H and O–H groups in total. The Labute approximate surface area is 194 Å². The smallest absolute Gasteiger partial charge is 0.407 e. The highest BCUT2D eigenvalue weighted by Crippen LogP contribution is 2.20. The fraction of sp³-hybridized carbons (Fsp3) is 0.500. The van der Waals surface area contributed by atoms with E-state index in [1.165, 1.54) is 0 Å². The van der Waals surface area contributed by atoms with Crippen LogP contribution >= 0.6 is 0 Å². The minimum Gasteiger partial charge on any atom is -0.444 e. The summed E-state index contributed by atoms with van der Waals surface area (Å²) in [6.45, 7) is 8.93.